The van der Waals surface area contributed by atoms with E-state index in [0.717, 1.165) is 5.56 Å². The maximum atomic E-state index is 12.5. The minimum atomic E-state index is -0.692. The molecule has 0 aromatic heterocycles. The van der Waals surface area contributed by atoms with Gasteiger partial charge in [0.05, 0.1) is 6.04 Å². The number of carbonyl (C=O) groups is 1. The van der Waals surface area contributed by atoms with Gasteiger partial charge in [-0.1, -0.05) is 30.3 Å². The summed E-state index contributed by atoms with van der Waals surface area (Å²) in [5.41, 5.74) is -0.135. The Morgan fingerprint density at radius 2 is 1.81 bits per heavy atom. The summed E-state index contributed by atoms with van der Waals surface area (Å²) in [6.45, 7) is 11.4. The molecule has 2 rings (SSSR count). The van der Waals surface area contributed by atoms with E-state index in [1.54, 1.807) is 4.90 Å². The highest BCUT2D eigenvalue weighted by Gasteiger charge is 2.49. The second kappa shape index (κ2) is 5.34. The third-order valence-electron chi connectivity index (χ3n) is 3.56. The lowest BCUT2D eigenvalue weighted by Gasteiger charge is -2.34. The highest BCUT2D eigenvalue weighted by Crippen LogP contribution is 2.41. The zero-order valence-corrected chi connectivity index (χ0v) is 13.7. The normalized spacial score (nSPS) is 25.0. The average Bonchev–Trinajstić information content (AvgIpc) is 2.58. The van der Waals surface area contributed by atoms with Crippen LogP contribution in [0.2, 0.25) is 0 Å². The highest BCUT2D eigenvalue weighted by molar-refractivity contribution is 5.70. The van der Waals surface area contributed by atoms with Crippen molar-refractivity contribution in [3.8, 4) is 0 Å². The predicted molar refractivity (Wildman–Crippen MR) is 81.9 cm³/mol. The third kappa shape index (κ3) is 3.38. The first kappa shape index (κ1) is 15.8. The zero-order valence-electron chi connectivity index (χ0n) is 13.7. The van der Waals surface area contributed by atoms with Crippen molar-refractivity contribution in [1.82, 2.24) is 4.90 Å². The molecule has 1 aromatic rings. The number of nitrogens with zero attached hydrogens (tertiary/aromatic N) is 1. The molecule has 0 unspecified atom stereocenters. The second-order valence-electron chi connectivity index (χ2n) is 6.99. The summed E-state index contributed by atoms with van der Waals surface area (Å²) in [7, 11) is 0. The van der Waals surface area contributed by atoms with Crippen molar-refractivity contribution < 1.29 is 14.3 Å². The monoisotopic (exact) mass is 291 g/mol. The molecule has 0 N–H and O–H groups in total. The Labute approximate surface area is 127 Å². The summed E-state index contributed by atoms with van der Waals surface area (Å²) in [5.74, 6) is 0. The maximum Gasteiger partial charge on any atom is 0.412 e. The molecule has 0 bridgehead atoms. The molecule has 2 atom stereocenters. The number of benzene rings is 1. The molecule has 4 heteroatoms. The van der Waals surface area contributed by atoms with Gasteiger partial charge in [-0.05, 0) is 47.1 Å². The molecular weight excluding hydrogens is 266 g/mol. The number of hydrogen-bond acceptors (Lipinski definition) is 3. The van der Waals surface area contributed by atoms with Crippen molar-refractivity contribution in [3.63, 3.8) is 0 Å². The quantitative estimate of drug-likeness (QED) is 0.781. The van der Waals surface area contributed by atoms with E-state index >= 15 is 0 Å². The fourth-order valence-corrected chi connectivity index (χ4v) is 2.78. The Hall–Kier alpha value is -1.55. The van der Waals surface area contributed by atoms with E-state index in [9.17, 15) is 4.79 Å². The van der Waals surface area contributed by atoms with Crippen LogP contribution in [0.25, 0.3) is 0 Å². The van der Waals surface area contributed by atoms with E-state index in [0.29, 0.717) is 0 Å². The Morgan fingerprint density at radius 3 is 2.33 bits per heavy atom. The van der Waals surface area contributed by atoms with Gasteiger partial charge < -0.3 is 9.47 Å². The molecule has 0 saturated carbocycles. The SMILES string of the molecule is C[C@@H]1[C@@H](c2ccccc2)OC(C)(C)N1C(=O)OC(C)(C)C. The van der Waals surface area contributed by atoms with Crippen molar-refractivity contribution in [2.75, 3.05) is 0 Å². The molecule has 1 fully saturated rings. The molecule has 0 spiro atoms. The van der Waals surface area contributed by atoms with Crippen LogP contribution in [0.3, 0.4) is 0 Å². The van der Waals surface area contributed by atoms with Gasteiger partial charge in [-0.25, -0.2) is 4.79 Å². The molecule has 4 nitrogen and oxygen atoms in total. The Morgan fingerprint density at radius 1 is 1.24 bits per heavy atom. The number of hydrogen-bond donors (Lipinski definition) is 0. The van der Waals surface area contributed by atoms with Crippen LogP contribution in [-0.4, -0.2) is 28.4 Å². The Kier molecular flexibility index (Phi) is 4.02. The summed E-state index contributed by atoms with van der Waals surface area (Å²) < 4.78 is 11.6. The number of carbonyl (C=O) groups excluding carboxylic acids is 1. The molecular formula is C17H25NO3. The molecule has 1 aliphatic heterocycles. The first-order valence-electron chi connectivity index (χ1n) is 7.37. The average molecular weight is 291 g/mol. The lowest BCUT2D eigenvalue weighted by molar-refractivity contribution is -0.0795. The van der Waals surface area contributed by atoms with E-state index in [4.69, 9.17) is 9.47 Å². The van der Waals surface area contributed by atoms with Crippen LogP contribution in [0, 0.1) is 0 Å². The molecule has 1 saturated heterocycles. The van der Waals surface area contributed by atoms with Gasteiger partial charge in [0, 0.05) is 0 Å². The van der Waals surface area contributed by atoms with Crippen molar-refractivity contribution in [1.29, 1.82) is 0 Å². The van der Waals surface area contributed by atoms with Crippen molar-refractivity contribution in [2.24, 2.45) is 0 Å². The molecule has 0 radical (unpaired) electrons. The number of amides is 1. The smallest absolute Gasteiger partial charge is 0.412 e. The van der Waals surface area contributed by atoms with E-state index in [1.807, 2.05) is 71.9 Å². The van der Waals surface area contributed by atoms with Gasteiger partial charge in [0.25, 0.3) is 0 Å². The Bertz CT molecular complexity index is 505. The van der Waals surface area contributed by atoms with Gasteiger partial charge in [0.15, 0.2) is 0 Å². The van der Waals surface area contributed by atoms with Crippen LogP contribution < -0.4 is 0 Å². The van der Waals surface area contributed by atoms with Crippen molar-refractivity contribution in [3.05, 3.63) is 35.9 Å². The van der Waals surface area contributed by atoms with Gasteiger partial charge in [0.2, 0.25) is 0 Å². The topological polar surface area (TPSA) is 38.8 Å². The minimum Gasteiger partial charge on any atom is -0.444 e. The van der Waals surface area contributed by atoms with Crippen LogP contribution in [0.5, 0.6) is 0 Å². The van der Waals surface area contributed by atoms with Crippen LogP contribution in [0.4, 0.5) is 4.79 Å². The fraction of sp³-hybridized carbons (Fsp3) is 0.588. The van der Waals surface area contributed by atoms with Crippen molar-refractivity contribution in [2.45, 2.75) is 65.0 Å². The fourth-order valence-electron chi connectivity index (χ4n) is 2.78. The third-order valence-corrected chi connectivity index (χ3v) is 3.56. The molecule has 116 valence electrons. The van der Waals surface area contributed by atoms with Crippen LogP contribution >= 0.6 is 0 Å². The minimum absolute atomic E-state index is 0.0859. The van der Waals surface area contributed by atoms with Gasteiger partial charge >= 0.3 is 6.09 Å². The maximum absolute atomic E-state index is 12.5. The van der Waals surface area contributed by atoms with E-state index in [-0.39, 0.29) is 18.2 Å². The molecule has 0 aliphatic carbocycles. The van der Waals surface area contributed by atoms with Crippen molar-refractivity contribution >= 4 is 6.09 Å². The summed E-state index contributed by atoms with van der Waals surface area (Å²) in [6.07, 6.45) is -0.479. The number of rotatable bonds is 1. The largest absolute Gasteiger partial charge is 0.444 e. The second-order valence-corrected chi connectivity index (χ2v) is 6.99. The van der Waals surface area contributed by atoms with Gasteiger partial charge in [-0.15, -0.1) is 0 Å². The van der Waals surface area contributed by atoms with E-state index in [1.165, 1.54) is 0 Å². The lowest BCUT2D eigenvalue weighted by atomic mass is 10.0. The van der Waals surface area contributed by atoms with E-state index in [2.05, 4.69) is 0 Å². The molecule has 1 aliphatic rings. The molecule has 1 heterocycles. The van der Waals surface area contributed by atoms with Gasteiger partial charge in [-0.3, -0.25) is 4.90 Å². The Balaban J connectivity index is 2.25. The zero-order chi connectivity index (χ0) is 15.8. The standard InChI is InChI=1S/C17H25NO3/c1-12-14(13-10-8-7-9-11-13)20-17(5,6)18(12)15(19)21-16(2,3)4/h7-12,14H,1-6H3/t12-,14+/m1/s1. The van der Waals surface area contributed by atoms with Gasteiger partial charge in [-0.2, -0.15) is 0 Å². The van der Waals surface area contributed by atoms with E-state index < -0.39 is 11.3 Å². The lowest BCUT2D eigenvalue weighted by Crippen LogP contribution is -2.49. The number of ether oxygens (including phenoxy) is 2. The molecule has 21 heavy (non-hydrogen) atoms. The van der Waals surface area contributed by atoms with Crippen LogP contribution in [0.15, 0.2) is 30.3 Å². The molecule has 1 amide bonds. The predicted octanol–water partition coefficient (Wildman–Crippen LogP) is 4.12. The summed E-state index contributed by atoms with van der Waals surface area (Å²) in [5, 5.41) is 0. The summed E-state index contributed by atoms with van der Waals surface area (Å²) in [4.78, 5) is 14.2. The van der Waals surface area contributed by atoms with Gasteiger partial charge in [0.1, 0.15) is 17.4 Å². The molecule has 1 aromatic carbocycles. The van der Waals surface area contributed by atoms with Crippen LogP contribution in [0.1, 0.15) is 53.2 Å². The summed E-state index contributed by atoms with van der Waals surface area (Å²) in [6, 6.07) is 9.89. The summed E-state index contributed by atoms with van der Waals surface area (Å²) >= 11 is 0. The first-order valence-corrected chi connectivity index (χ1v) is 7.37. The first-order chi connectivity index (χ1) is 9.62. The van der Waals surface area contributed by atoms with Crippen LogP contribution in [-0.2, 0) is 9.47 Å². The highest BCUT2D eigenvalue weighted by atomic mass is 16.6.